The highest BCUT2D eigenvalue weighted by atomic mass is 19.1. The van der Waals surface area contributed by atoms with Crippen molar-refractivity contribution in [1.29, 1.82) is 0 Å². The van der Waals surface area contributed by atoms with Gasteiger partial charge in [0, 0.05) is 37.3 Å². The van der Waals surface area contributed by atoms with Crippen molar-refractivity contribution in [3.63, 3.8) is 0 Å². The summed E-state index contributed by atoms with van der Waals surface area (Å²) in [4.78, 5) is 15.6. The van der Waals surface area contributed by atoms with Crippen molar-refractivity contribution in [3.8, 4) is 11.3 Å². The summed E-state index contributed by atoms with van der Waals surface area (Å²) >= 11 is 0. The second-order valence-electron chi connectivity index (χ2n) is 5.91. The van der Waals surface area contributed by atoms with E-state index < -0.39 is 0 Å². The van der Waals surface area contributed by atoms with Crippen LogP contribution in [0.5, 0.6) is 0 Å². The number of benzene rings is 1. The summed E-state index contributed by atoms with van der Waals surface area (Å²) in [5, 5.41) is 6.98. The van der Waals surface area contributed by atoms with Crippen LogP contribution in [0.15, 0.2) is 30.5 Å². The first-order valence-corrected chi connectivity index (χ1v) is 7.65. The lowest BCUT2D eigenvalue weighted by Gasteiger charge is -2.35. The predicted octanol–water partition coefficient (Wildman–Crippen LogP) is 1.85. The predicted molar refractivity (Wildman–Crippen MR) is 81.1 cm³/mol. The molecule has 1 aromatic heterocycles. The fraction of sp³-hybridized carbons (Fsp3) is 0.375. The minimum Gasteiger partial charge on any atom is -0.447 e. The lowest BCUT2D eigenvalue weighted by Crippen LogP contribution is -2.51. The van der Waals surface area contributed by atoms with Crippen molar-refractivity contribution in [2.24, 2.45) is 0 Å². The van der Waals surface area contributed by atoms with E-state index in [2.05, 4.69) is 15.1 Å². The third-order valence-electron chi connectivity index (χ3n) is 4.46. The van der Waals surface area contributed by atoms with Crippen LogP contribution in [0.1, 0.15) is 5.56 Å². The largest absolute Gasteiger partial charge is 0.447 e. The van der Waals surface area contributed by atoms with E-state index in [1.807, 2.05) is 6.07 Å². The van der Waals surface area contributed by atoms with Gasteiger partial charge in [-0.15, -0.1) is 0 Å². The second-order valence-corrected chi connectivity index (χ2v) is 5.91. The highest BCUT2D eigenvalue weighted by Crippen LogP contribution is 2.26. The number of nitrogens with zero attached hydrogens (tertiary/aromatic N) is 3. The Morgan fingerprint density at radius 3 is 3.09 bits per heavy atom. The Bertz CT molecular complexity index is 732. The quantitative estimate of drug-likeness (QED) is 0.939. The van der Waals surface area contributed by atoms with Gasteiger partial charge in [0.2, 0.25) is 0 Å². The molecule has 2 aromatic rings. The van der Waals surface area contributed by atoms with E-state index in [4.69, 9.17) is 4.74 Å². The van der Waals surface area contributed by atoms with Gasteiger partial charge in [-0.25, -0.2) is 9.18 Å². The second kappa shape index (κ2) is 5.66. The van der Waals surface area contributed by atoms with E-state index in [1.54, 1.807) is 23.2 Å². The van der Waals surface area contributed by atoms with E-state index in [0.717, 1.165) is 18.7 Å². The molecule has 0 spiro atoms. The minimum absolute atomic E-state index is 0.111. The number of rotatable bonds is 3. The zero-order valence-electron chi connectivity index (χ0n) is 12.5. The number of hydrogen-bond donors (Lipinski definition) is 1. The normalized spacial score (nSPS) is 21.3. The molecular formula is C16H17FN4O2. The van der Waals surface area contributed by atoms with Gasteiger partial charge >= 0.3 is 6.09 Å². The maximum Gasteiger partial charge on any atom is 0.410 e. The van der Waals surface area contributed by atoms with Crippen LogP contribution in [-0.4, -0.2) is 58.4 Å². The molecule has 1 aromatic carbocycles. The number of halogens is 1. The first-order chi connectivity index (χ1) is 11.2. The average molecular weight is 316 g/mol. The van der Waals surface area contributed by atoms with Crippen molar-refractivity contribution in [1.82, 2.24) is 20.0 Å². The molecule has 0 saturated carbocycles. The topological polar surface area (TPSA) is 61.5 Å². The lowest BCUT2D eigenvalue weighted by molar-refractivity contribution is 0.115. The van der Waals surface area contributed by atoms with Gasteiger partial charge in [0.1, 0.15) is 12.4 Å². The fourth-order valence-corrected chi connectivity index (χ4v) is 3.27. The molecule has 1 amide bonds. The van der Waals surface area contributed by atoms with E-state index in [-0.39, 0.29) is 18.0 Å². The molecule has 1 unspecified atom stereocenters. The van der Waals surface area contributed by atoms with E-state index in [1.165, 1.54) is 6.07 Å². The van der Waals surface area contributed by atoms with Crippen LogP contribution in [0.2, 0.25) is 0 Å². The first-order valence-electron chi connectivity index (χ1n) is 7.65. The smallest absolute Gasteiger partial charge is 0.410 e. The molecule has 2 fully saturated rings. The van der Waals surface area contributed by atoms with Crippen molar-refractivity contribution in [3.05, 3.63) is 41.8 Å². The summed E-state index contributed by atoms with van der Waals surface area (Å²) in [6.07, 6.45) is 1.52. The van der Waals surface area contributed by atoms with Crippen LogP contribution in [0.3, 0.4) is 0 Å². The Hall–Kier alpha value is -2.41. The fourth-order valence-electron chi connectivity index (χ4n) is 3.27. The van der Waals surface area contributed by atoms with Crippen LogP contribution in [0.4, 0.5) is 9.18 Å². The zero-order chi connectivity index (χ0) is 15.8. The van der Waals surface area contributed by atoms with Crippen LogP contribution < -0.4 is 0 Å². The number of amides is 1. The highest BCUT2D eigenvalue weighted by Gasteiger charge is 2.37. The molecule has 23 heavy (non-hydrogen) atoms. The number of piperazine rings is 1. The minimum atomic E-state index is -0.266. The van der Waals surface area contributed by atoms with E-state index in [0.29, 0.717) is 31.0 Å². The van der Waals surface area contributed by atoms with Crippen LogP contribution in [0.25, 0.3) is 11.3 Å². The maximum atomic E-state index is 14.0. The van der Waals surface area contributed by atoms with Crippen molar-refractivity contribution < 1.29 is 13.9 Å². The van der Waals surface area contributed by atoms with Gasteiger partial charge in [-0.05, 0) is 12.1 Å². The molecule has 2 aliphatic rings. The Labute approximate surface area is 132 Å². The van der Waals surface area contributed by atoms with Crippen molar-refractivity contribution in [2.45, 2.75) is 12.6 Å². The number of fused-ring (bicyclic) bond motifs is 1. The lowest BCUT2D eigenvalue weighted by atomic mass is 10.1. The molecule has 0 aliphatic carbocycles. The first kappa shape index (κ1) is 14.2. The number of carbonyl (C=O) groups is 1. The van der Waals surface area contributed by atoms with Gasteiger partial charge in [0.25, 0.3) is 0 Å². The Kier molecular flexibility index (Phi) is 3.49. The van der Waals surface area contributed by atoms with Crippen LogP contribution >= 0.6 is 0 Å². The average Bonchev–Trinajstić information content (AvgIpc) is 3.15. The summed E-state index contributed by atoms with van der Waals surface area (Å²) in [5.41, 5.74) is 2.19. The Balaban J connectivity index is 1.52. The number of cyclic esters (lactones) is 1. The number of nitrogens with one attached hydrogen (secondary N) is 1. The summed E-state index contributed by atoms with van der Waals surface area (Å²) in [5.74, 6) is -0.266. The molecule has 120 valence electrons. The van der Waals surface area contributed by atoms with Gasteiger partial charge in [0.05, 0.1) is 17.9 Å². The SMILES string of the molecule is O=C1OCC2CN(Cc3cn[nH]c3-c3ccccc3F)CCN12. The summed E-state index contributed by atoms with van der Waals surface area (Å²) < 4.78 is 19.1. The maximum absolute atomic E-state index is 14.0. The molecule has 1 N–H and O–H groups in total. The van der Waals surface area contributed by atoms with Gasteiger partial charge in [-0.2, -0.15) is 5.10 Å². The third-order valence-corrected chi connectivity index (χ3v) is 4.46. The van der Waals surface area contributed by atoms with Crippen molar-refractivity contribution >= 4 is 6.09 Å². The molecule has 2 aliphatic heterocycles. The number of aromatic nitrogens is 2. The number of H-pyrrole nitrogens is 1. The number of carbonyl (C=O) groups excluding carboxylic acids is 1. The van der Waals surface area contributed by atoms with Gasteiger partial charge < -0.3 is 4.74 Å². The van der Waals surface area contributed by atoms with Gasteiger partial charge in [-0.3, -0.25) is 14.9 Å². The zero-order valence-corrected chi connectivity index (χ0v) is 12.5. The van der Waals surface area contributed by atoms with Gasteiger partial charge in [-0.1, -0.05) is 12.1 Å². The monoisotopic (exact) mass is 316 g/mol. The number of ether oxygens (including phenoxy) is 1. The summed E-state index contributed by atoms with van der Waals surface area (Å²) in [7, 11) is 0. The Morgan fingerprint density at radius 2 is 2.22 bits per heavy atom. The molecule has 4 rings (SSSR count). The summed E-state index contributed by atoms with van der Waals surface area (Å²) in [6.45, 7) is 3.30. The van der Waals surface area contributed by atoms with Crippen LogP contribution in [-0.2, 0) is 11.3 Å². The molecular weight excluding hydrogens is 299 g/mol. The molecule has 7 heteroatoms. The number of aromatic amines is 1. The Morgan fingerprint density at radius 1 is 1.35 bits per heavy atom. The summed E-state index contributed by atoms with van der Waals surface area (Å²) in [6, 6.07) is 6.78. The van der Waals surface area contributed by atoms with Crippen LogP contribution in [0, 0.1) is 5.82 Å². The molecule has 0 bridgehead atoms. The van der Waals surface area contributed by atoms with Crippen molar-refractivity contribution in [2.75, 3.05) is 26.2 Å². The van der Waals surface area contributed by atoms with E-state index >= 15 is 0 Å². The molecule has 2 saturated heterocycles. The molecule has 1 atom stereocenters. The molecule has 3 heterocycles. The number of hydrogen-bond acceptors (Lipinski definition) is 4. The van der Waals surface area contributed by atoms with E-state index in [9.17, 15) is 9.18 Å². The van der Waals surface area contributed by atoms with Gasteiger partial charge in [0.15, 0.2) is 0 Å². The highest BCUT2D eigenvalue weighted by molar-refractivity contribution is 5.70. The standard InChI is InChI=1S/C16H17FN4O2/c17-14-4-2-1-3-13(14)15-11(7-18-19-15)8-20-5-6-21-12(9-20)10-23-16(21)22/h1-4,7,12H,5-6,8-10H2,(H,18,19). The molecule has 6 nitrogen and oxygen atoms in total. The third kappa shape index (κ3) is 2.57. The molecule has 0 radical (unpaired) electrons.